The number of nitrogens with one attached hydrogen (secondary N) is 2. The molecule has 0 atom stereocenters. The molecule has 1 amide bonds. The van der Waals surface area contributed by atoms with E-state index >= 15 is 0 Å². The maximum absolute atomic E-state index is 12.2. The number of benzene rings is 2. The average molecular weight is 266 g/mol. The molecule has 2 aromatic rings. The molecule has 3 heteroatoms. The zero-order valence-corrected chi connectivity index (χ0v) is 11.6. The van der Waals surface area contributed by atoms with Gasteiger partial charge in [0.2, 0.25) is 0 Å². The smallest absolute Gasteiger partial charge is 0.255 e. The van der Waals surface area contributed by atoms with E-state index in [1.165, 1.54) is 11.3 Å². The summed E-state index contributed by atoms with van der Waals surface area (Å²) >= 11 is 0. The SMILES string of the molecule is Cc1cccc(C(=O)Nc2ccc3c(c2)CCCN3)c1. The van der Waals surface area contributed by atoms with Crippen LogP contribution in [0.25, 0.3) is 0 Å². The first-order chi connectivity index (χ1) is 9.72. The normalized spacial score (nSPS) is 13.2. The van der Waals surface area contributed by atoms with E-state index in [9.17, 15) is 4.79 Å². The van der Waals surface area contributed by atoms with Crippen molar-refractivity contribution in [3.05, 3.63) is 59.2 Å². The first-order valence-corrected chi connectivity index (χ1v) is 6.97. The number of fused-ring (bicyclic) bond motifs is 1. The third kappa shape index (κ3) is 2.67. The molecule has 3 nitrogen and oxygen atoms in total. The Hall–Kier alpha value is -2.29. The molecule has 1 aliphatic heterocycles. The minimum atomic E-state index is -0.0579. The predicted molar refractivity (Wildman–Crippen MR) is 82.4 cm³/mol. The molecule has 0 radical (unpaired) electrons. The predicted octanol–water partition coefficient (Wildman–Crippen LogP) is 3.61. The van der Waals surface area contributed by atoms with Gasteiger partial charge in [-0.15, -0.1) is 0 Å². The van der Waals surface area contributed by atoms with Gasteiger partial charge in [0.05, 0.1) is 0 Å². The molecule has 0 fully saturated rings. The van der Waals surface area contributed by atoms with Crippen LogP contribution in [-0.4, -0.2) is 12.5 Å². The van der Waals surface area contributed by atoms with Crippen molar-refractivity contribution in [2.75, 3.05) is 17.2 Å². The molecule has 2 aromatic carbocycles. The molecule has 0 aromatic heterocycles. The number of carbonyl (C=O) groups is 1. The lowest BCUT2D eigenvalue weighted by atomic mass is 10.0. The summed E-state index contributed by atoms with van der Waals surface area (Å²) in [5.41, 5.74) is 5.11. The zero-order valence-electron chi connectivity index (χ0n) is 11.6. The van der Waals surface area contributed by atoms with Gasteiger partial charge in [0.15, 0.2) is 0 Å². The van der Waals surface area contributed by atoms with Gasteiger partial charge in [-0.2, -0.15) is 0 Å². The molecule has 0 saturated heterocycles. The molecule has 1 aliphatic rings. The topological polar surface area (TPSA) is 41.1 Å². The van der Waals surface area contributed by atoms with E-state index < -0.39 is 0 Å². The molecule has 0 saturated carbocycles. The monoisotopic (exact) mass is 266 g/mol. The first kappa shape index (κ1) is 12.7. The number of anilines is 2. The maximum Gasteiger partial charge on any atom is 0.255 e. The maximum atomic E-state index is 12.2. The van der Waals surface area contributed by atoms with E-state index in [1.54, 1.807) is 0 Å². The Balaban J connectivity index is 1.79. The summed E-state index contributed by atoms with van der Waals surface area (Å²) in [6.45, 7) is 3.02. The number of rotatable bonds is 2. The summed E-state index contributed by atoms with van der Waals surface area (Å²) in [5, 5.41) is 6.34. The summed E-state index contributed by atoms with van der Waals surface area (Å²) in [6, 6.07) is 13.7. The lowest BCUT2D eigenvalue weighted by Gasteiger charge is -2.18. The standard InChI is InChI=1S/C17H18N2O/c1-12-4-2-5-14(10-12)17(20)19-15-7-8-16-13(11-15)6-3-9-18-16/h2,4-5,7-8,10-11,18H,3,6,9H2,1H3,(H,19,20). The molecule has 20 heavy (non-hydrogen) atoms. The summed E-state index contributed by atoms with van der Waals surface area (Å²) in [7, 11) is 0. The Morgan fingerprint density at radius 1 is 1.20 bits per heavy atom. The summed E-state index contributed by atoms with van der Waals surface area (Å²) in [6.07, 6.45) is 2.21. The number of amides is 1. The second kappa shape index (κ2) is 5.37. The van der Waals surface area contributed by atoms with Crippen LogP contribution in [-0.2, 0) is 6.42 Å². The van der Waals surface area contributed by atoms with Crippen LogP contribution in [0.1, 0.15) is 27.9 Å². The lowest BCUT2D eigenvalue weighted by Crippen LogP contribution is -2.14. The van der Waals surface area contributed by atoms with Crippen molar-refractivity contribution in [2.24, 2.45) is 0 Å². The highest BCUT2D eigenvalue weighted by Gasteiger charge is 2.11. The van der Waals surface area contributed by atoms with E-state index in [4.69, 9.17) is 0 Å². The van der Waals surface area contributed by atoms with Gasteiger partial charge in [-0.05, 0) is 55.7 Å². The summed E-state index contributed by atoms with van der Waals surface area (Å²) in [4.78, 5) is 12.2. The van der Waals surface area contributed by atoms with E-state index in [1.807, 2.05) is 43.3 Å². The van der Waals surface area contributed by atoms with Gasteiger partial charge in [-0.3, -0.25) is 4.79 Å². The van der Waals surface area contributed by atoms with E-state index in [0.29, 0.717) is 5.56 Å². The van der Waals surface area contributed by atoms with Gasteiger partial charge in [0.1, 0.15) is 0 Å². The van der Waals surface area contributed by atoms with Crippen molar-refractivity contribution < 1.29 is 4.79 Å². The summed E-state index contributed by atoms with van der Waals surface area (Å²) in [5.74, 6) is -0.0579. The highest BCUT2D eigenvalue weighted by molar-refractivity contribution is 6.04. The molecular formula is C17H18N2O. The molecule has 0 unspecified atom stereocenters. The molecule has 0 bridgehead atoms. The fraction of sp³-hybridized carbons (Fsp3) is 0.235. The fourth-order valence-corrected chi connectivity index (χ4v) is 2.54. The van der Waals surface area contributed by atoms with Crippen LogP contribution in [0.5, 0.6) is 0 Å². The number of aryl methyl sites for hydroxylation is 2. The third-order valence-electron chi connectivity index (χ3n) is 3.58. The Kier molecular flexibility index (Phi) is 3.42. The zero-order chi connectivity index (χ0) is 13.9. The van der Waals surface area contributed by atoms with Crippen LogP contribution < -0.4 is 10.6 Å². The van der Waals surface area contributed by atoms with Crippen LogP contribution in [0.4, 0.5) is 11.4 Å². The second-order valence-electron chi connectivity index (χ2n) is 5.23. The minimum Gasteiger partial charge on any atom is -0.385 e. The first-order valence-electron chi connectivity index (χ1n) is 6.97. The highest BCUT2D eigenvalue weighted by Crippen LogP contribution is 2.25. The Labute approximate surface area is 119 Å². The lowest BCUT2D eigenvalue weighted by molar-refractivity contribution is 0.102. The van der Waals surface area contributed by atoms with Crippen LogP contribution in [0, 0.1) is 6.92 Å². The van der Waals surface area contributed by atoms with Crippen LogP contribution in [0.15, 0.2) is 42.5 Å². The van der Waals surface area contributed by atoms with Gasteiger partial charge in [0, 0.05) is 23.5 Å². The van der Waals surface area contributed by atoms with Gasteiger partial charge in [-0.25, -0.2) is 0 Å². The van der Waals surface area contributed by atoms with Crippen molar-refractivity contribution in [3.63, 3.8) is 0 Å². The van der Waals surface area contributed by atoms with E-state index in [0.717, 1.165) is 30.6 Å². The van der Waals surface area contributed by atoms with Gasteiger partial charge >= 0.3 is 0 Å². The van der Waals surface area contributed by atoms with Crippen molar-refractivity contribution in [1.82, 2.24) is 0 Å². The third-order valence-corrected chi connectivity index (χ3v) is 3.58. The molecular weight excluding hydrogens is 248 g/mol. The van der Waals surface area contributed by atoms with Crippen LogP contribution >= 0.6 is 0 Å². The molecule has 0 spiro atoms. The molecule has 2 N–H and O–H groups in total. The number of carbonyl (C=O) groups excluding carboxylic acids is 1. The fourth-order valence-electron chi connectivity index (χ4n) is 2.54. The highest BCUT2D eigenvalue weighted by atomic mass is 16.1. The Morgan fingerprint density at radius 2 is 2.10 bits per heavy atom. The Bertz CT molecular complexity index is 649. The van der Waals surface area contributed by atoms with Crippen LogP contribution in [0.3, 0.4) is 0 Å². The molecule has 102 valence electrons. The Morgan fingerprint density at radius 3 is 2.95 bits per heavy atom. The van der Waals surface area contributed by atoms with E-state index in [-0.39, 0.29) is 5.91 Å². The van der Waals surface area contributed by atoms with Crippen molar-refractivity contribution in [1.29, 1.82) is 0 Å². The van der Waals surface area contributed by atoms with Crippen molar-refractivity contribution in [3.8, 4) is 0 Å². The van der Waals surface area contributed by atoms with Crippen LogP contribution in [0.2, 0.25) is 0 Å². The van der Waals surface area contributed by atoms with E-state index in [2.05, 4.69) is 16.7 Å². The second-order valence-corrected chi connectivity index (χ2v) is 5.23. The van der Waals surface area contributed by atoms with Crippen molar-refractivity contribution >= 4 is 17.3 Å². The molecule has 0 aliphatic carbocycles. The summed E-state index contributed by atoms with van der Waals surface area (Å²) < 4.78 is 0. The quantitative estimate of drug-likeness (QED) is 0.872. The molecule has 3 rings (SSSR count). The number of hydrogen-bond donors (Lipinski definition) is 2. The van der Waals surface area contributed by atoms with Gasteiger partial charge in [0.25, 0.3) is 5.91 Å². The van der Waals surface area contributed by atoms with Gasteiger partial charge in [-0.1, -0.05) is 17.7 Å². The molecule has 1 heterocycles. The van der Waals surface area contributed by atoms with Crippen molar-refractivity contribution in [2.45, 2.75) is 19.8 Å². The largest absolute Gasteiger partial charge is 0.385 e. The van der Waals surface area contributed by atoms with Gasteiger partial charge < -0.3 is 10.6 Å². The average Bonchev–Trinajstić information content (AvgIpc) is 2.47. The number of hydrogen-bond acceptors (Lipinski definition) is 2. The minimum absolute atomic E-state index is 0.0579.